The lowest BCUT2D eigenvalue weighted by Crippen LogP contribution is -2.43. The Balaban J connectivity index is 1.46. The summed E-state index contributed by atoms with van der Waals surface area (Å²) in [4.78, 5) is 29.0. The fourth-order valence-corrected chi connectivity index (χ4v) is 3.59. The van der Waals surface area contributed by atoms with E-state index in [4.69, 9.17) is 23.2 Å². The Morgan fingerprint density at radius 3 is 2.34 bits per heavy atom. The molecule has 2 amide bonds. The number of hydrogen-bond acceptors (Lipinski definition) is 4. The summed E-state index contributed by atoms with van der Waals surface area (Å²) in [5.41, 5.74) is 2.17. The molecule has 0 spiro atoms. The van der Waals surface area contributed by atoms with Crippen molar-refractivity contribution < 1.29 is 9.59 Å². The molecule has 29 heavy (non-hydrogen) atoms. The summed E-state index contributed by atoms with van der Waals surface area (Å²) in [5.74, 6) is -0.736. The first kappa shape index (κ1) is 21.6. The maximum absolute atomic E-state index is 12.2. The molecule has 2 aromatic carbocycles. The molecule has 1 aliphatic rings. The highest BCUT2D eigenvalue weighted by atomic mass is 35.5. The molecule has 1 aliphatic heterocycles. The molecule has 3 rings (SSSR count). The second-order valence-electron chi connectivity index (χ2n) is 7.13. The average Bonchev–Trinajstić information content (AvgIpc) is 2.69. The summed E-state index contributed by atoms with van der Waals surface area (Å²) in [7, 11) is 2.14. The molecule has 154 valence electrons. The second-order valence-corrected chi connectivity index (χ2v) is 7.98. The minimum absolute atomic E-state index is 0.152. The minimum Gasteiger partial charge on any atom is -0.343 e. The van der Waals surface area contributed by atoms with E-state index >= 15 is 0 Å². The fraction of sp³-hybridized carbons (Fsp3) is 0.333. The molecule has 2 aromatic rings. The number of nitrogens with one attached hydrogen (secondary N) is 2. The number of carbonyl (C=O) groups excluding carboxylic acids is 2. The molecule has 0 saturated carbocycles. The van der Waals surface area contributed by atoms with E-state index in [2.05, 4.69) is 27.5 Å². The summed E-state index contributed by atoms with van der Waals surface area (Å²) in [6.45, 7) is 5.04. The normalized spacial score (nSPS) is 15.1. The number of amides is 2. The van der Waals surface area contributed by atoms with Gasteiger partial charge in [-0.05, 0) is 42.9 Å². The highest BCUT2D eigenvalue weighted by Crippen LogP contribution is 2.20. The zero-order chi connectivity index (χ0) is 20.8. The van der Waals surface area contributed by atoms with Gasteiger partial charge in [0.2, 0.25) is 5.91 Å². The quantitative estimate of drug-likeness (QED) is 0.732. The van der Waals surface area contributed by atoms with Crippen LogP contribution in [0, 0.1) is 0 Å². The van der Waals surface area contributed by atoms with E-state index in [0.29, 0.717) is 10.7 Å². The lowest BCUT2D eigenvalue weighted by molar-refractivity contribution is -0.115. The van der Waals surface area contributed by atoms with Crippen LogP contribution in [-0.4, -0.2) is 61.4 Å². The number of likely N-dealkylation sites (N-methyl/N-ethyl adjacent to an activating group) is 1. The van der Waals surface area contributed by atoms with E-state index in [-0.39, 0.29) is 23.0 Å². The molecule has 8 heteroatoms. The first-order valence-electron chi connectivity index (χ1n) is 9.43. The average molecular weight is 435 g/mol. The Labute approximate surface area is 180 Å². The van der Waals surface area contributed by atoms with Gasteiger partial charge in [-0.15, -0.1) is 0 Å². The maximum atomic E-state index is 12.2. The van der Waals surface area contributed by atoms with Gasteiger partial charge in [0.25, 0.3) is 5.91 Å². The third-order valence-corrected chi connectivity index (χ3v) is 5.37. The molecule has 1 fully saturated rings. The molecule has 1 saturated heterocycles. The highest BCUT2D eigenvalue weighted by Gasteiger charge is 2.14. The van der Waals surface area contributed by atoms with Gasteiger partial charge in [-0.2, -0.15) is 0 Å². The van der Waals surface area contributed by atoms with Crippen molar-refractivity contribution in [2.24, 2.45) is 0 Å². The molecule has 0 aliphatic carbocycles. The standard InChI is InChI=1S/C21H24Cl2N4O2/c1-26-8-10-27(11-9-26)14-15-2-5-17(6-3-15)25-20(28)13-24-21(29)18-7-4-16(22)12-19(18)23/h2-7,12H,8-11,13-14H2,1H3,(H,24,29)(H,25,28). The van der Waals surface area contributed by atoms with Crippen LogP contribution in [0.5, 0.6) is 0 Å². The van der Waals surface area contributed by atoms with Crippen LogP contribution >= 0.6 is 23.2 Å². The van der Waals surface area contributed by atoms with Crippen molar-refractivity contribution >= 4 is 40.7 Å². The van der Waals surface area contributed by atoms with Crippen LogP contribution < -0.4 is 10.6 Å². The van der Waals surface area contributed by atoms with Crippen LogP contribution in [0.25, 0.3) is 0 Å². The number of piperazine rings is 1. The van der Waals surface area contributed by atoms with E-state index in [1.165, 1.54) is 17.7 Å². The molecule has 6 nitrogen and oxygen atoms in total. The van der Waals surface area contributed by atoms with Gasteiger partial charge in [-0.3, -0.25) is 14.5 Å². The van der Waals surface area contributed by atoms with E-state index in [1.807, 2.05) is 24.3 Å². The second kappa shape index (κ2) is 10.1. The summed E-state index contributed by atoms with van der Waals surface area (Å²) >= 11 is 11.8. The molecular weight excluding hydrogens is 411 g/mol. The van der Waals surface area contributed by atoms with Gasteiger partial charge in [0, 0.05) is 43.4 Å². The number of rotatable bonds is 6. The molecule has 0 aromatic heterocycles. The monoisotopic (exact) mass is 434 g/mol. The van der Waals surface area contributed by atoms with E-state index in [0.717, 1.165) is 32.7 Å². The largest absolute Gasteiger partial charge is 0.343 e. The topological polar surface area (TPSA) is 64.7 Å². The Hall–Kier alpha value is -2.12. The third kappa shape index (κ3) is 6.44. The fourth-order valence-electron chi connectivity index (χ4n) is 3.09. The van der Waals surface area contributed by atoms with Crippen molar-refractivity contribution in [2.75, 3.05) is 45.1 Å². The van der Waals surface area contributed by atoms with E-state index in [9.17, 15) is 9.59 Å². The van der Waals surface area contributed by atoms with Gasteiger partial charge in [-0.1, -0.05) is 35.3 Å². The molecule has 0 atom stereocenters. The lowest BCUT2D eigenvalue weighted by Gasteiger charge is -2.32. The van der Waals surface area contributed by atoms with Crippen LogP contribution in [0.15, 0.2) is 42.5 Å². The van der Waals surface area contributed by atoms with Crippen molar-refractivity contribution in [2.45, 2.75) is 6.54 Å². The van der Waals surface area contributed by atoms with Crippen molar-refractivity contribution in [3.05, 3.63) is 63.6 Å². The Morgan fingerprint density at radius 1 is 1.00 bits per heavy atom. The lowest BCUT2D eigenvalue weighted by atomic mass is 10.2. The molecule has 1 heterocycles. The zero-order valence-corrected chi connectivity index (χ0v) is 17.8. The van der Waals surface area contributed by atoms with Crippen molar-refractivity contribution in [3.63, 3.8) is 0 Å². The smallest absolute Gasteiger partial charge is 0.253 e. The van der Waals surface area contributed by atoms with Gasteiger partial charge >= 0.3 is 0 Å². The van der Waals surface area contributed by atoms with Gasteiger partial charge in [0.15, 0.2) is 0 Å². The molecule has 0 unspecified atom stereocenters. The molecule has 0 bridgehead atoms. The van der Waals surface area contributed by atoms with Gasteiger partial charge < -0.3 is 15.5 Å². The van der Waals surface area contributed by atoms with Crippen LogP contribution in [-0.2, 0) is 11.3 Å². The Kier molecular flexibility index (Phi) is 7.50. The maximum Gasteiger partial charge on any atom is 0.253 e. The van der Waals surface area contributed by atoms with Crippen LogP contribution in [0.2, 0.25) is 10.0 Å². The SMILES string of the molecule is CN1CCN(Cc2ccc(NC(=O)CNC(=O)c3ccc(Cl)cc3Cl)cc2)CC1. The first-order chi connectivity index (χ1) is 13.9. The number of carbonyl (C=O) groups is 2. The van der Waals surface area contributed by atoms with Crippen molar-refractivity contribution in [3.8, 4) is 0 Å². The number of nitrogens with zero attached hydrogens (tertiary/aromatic N) is 2. The summed E-state index contributed by atoms with van der Waals surface area (Å²) in [6.07, 6.45) is 0. The molecular formula is C21H24Cl2N4O2. The molecule has 2 N–H and O–H groups in total. The van der Waals surface area contributed by atoms with E-state index in [1.54, 1.807) is 6.07 Å². The minimum atomic E-state index is -0.427. The van der Waals surface area contributed by atoms with Crippen LogP contribution in [0.3, 0.4) is 0 Å². The number of anilines is 1. The van der Waals surface area contributed by atoms with Crippen molar-refractivity contribution in [1.29, 1.82) is 0 Å². The van der Waals surface area contributed by atoms with Crippen LogP contribution in [0.1, 0.15) is 15.9 Å². The van der Waals surface area contributed by atoms with Crippen LogP contribution in [0.4, 0.5) is 5.69 Å². The Bertz CT molecular complexity index is 865. The number of hydrogen-bond donors (Lipinski definition) is 2. The summed E-state index contributed by atoms with van der Waals surface area (Å²) in [6, 6.07) is 12.4. The predicted octanol–water partition coefficient (Wildman–Crippen LogP) is 3.11. The van der Waals surface area contributed by atoms with Gasteiger partial charge in [-0.25, -0.2) is 0 Å². The van der Waals surface area contributed by atoms with E-state index < -0.39 is 5.91 Å². The number of halogens is 2. The summed E-state index contributed by atoms with van der Waals surface area (Å²) < 4.78 is 0. The molecule has 0 radical (unpaired) electrons. The number of benzene rings is 2. The van der Waals surface area contributed by atoms with Gasteiger partial charge in [0.05, 0.1) is 17.1 Å². The zero-order valence-electron chi connectivity index (χ0n) is 16.3. The van der Waals surface area contributed by atoms with Crippen molar-refractivity contribution in [1.82, 2.24) is 15.1 Å². The Morgan fingerprint density at radius 2 is 1.69 bits per heavy atom. The highest BCUT2D eigenvalue weighted by molar-refractivity contribution is 6.36. The van der Waals surface area contributed by atoms with Gasteiger partial charge in [0.1, 0.15) is 0 Å². The summed E-state index contributed by atoms with van der Waals surface area (Å²) in [5, 5.41) is 6.03. The first-order valence-corrected chi connectivity index (χ1v) is 10.2. The predicted molar refractivity (Wildman–Crippen MR) is 117 cm³/mol. The third-order valence-electron chi connectivity index (χ3n) is 4.83.